The molecule has 0 unspecified atom stereocenters. The molecular weight excluding hydrogens is 388 g/mol. The van der Waals surface area contributed by atoms with Crippen molar-refractivity contribution in [3.8, 4) is 5.75 Å². The number of aryl methyl sites for hydroxylation is 1. The van der Waals surface area contributed by atoms with Crippen molar-refractivity contribution in [3.63, 3.8) is 0 Å². The number of hydrogen-bond donors (Lipinski definition) is 1. The first-order chi connectivity index (χ1) is 13.5. The molecule has 0 heterocycles. The number of para-hydroxylation sites is 1. The van der Waals surface area contributed by atoms with Crippen LogP contribution >= 0.6 is 0 Å². The third-order valence-electron chi connectivity index (χ3n) is 4.39. The summed E-state index contributed by atoms with van der Waals surface area (Å²) in [5, 5.41) is 2.72. The fourth-order valence-electron chi connectivity index (χ4n) is 2.86. The maximum atomic E-state index is 12.3. The van der Waals surface area contributed by atoms with E-state index in [9.17, 15) is 13.2 Å². The minimum absolute atomic E-state index is 0.0517. The molecule has 29 heavy (non-hydrogen) atoms. The van der Waals surface area contributed by atoms with Crippen molar-refractivity contribution in [1.29, 1.82) is 0 Å². The Bertz CT molecular complexity index is 932. The predicted octanol–water partition coefficient (Wildman–Crippen LogP) is 3.25. The number of amides is 1. The number of anilines is 1. The van der Waals surface area contributed by atoms with E-state index in [2.05, 4.69) is 26.1 Å². The van der Waals surface area contributed by atoms with Crippen LogP contribution in [0.4, 0.5) is 5.69 Å². The van der Waals surface area contributed by atoms with Crippen LogP contribution in [-0.4, -0.2) is 40.3 Å². The normalized spacial score (nSPS) is 11.8. The van der Waals surface area contributed by atoms with Crippen LogP contribution < -0.4 is 14.4 Å². The van der Waals surface area contributed by atoms with Crippen molar-refractivity contribution in [2.75, 3.05) is 30.3 Å². The second kappa shape index (κ2) is 9.31. The Morgan fingerprint density at radius 2 is 1.69 bits per heavy atom. The van der Waals surface area contributed by atoms with E-state index >= 15 is 0 Å². The van der Waals surface area contributed by atoms with Crippen LogP contribution in [0.25, 0.3) is 0 Å². The number of nitrogens with one attached hydrogen (secondary N) is 1. The molecule has 0 saturated carbocycles. The van der Waals surface area contributed by atoms with Gasteiger partial charge in [0.1, 0.15) is 18.9 Å². The molecule has 0 aliphatic rings. The molecule has 0 aliphatic carbocycles. The molecule has 0 aliphatic heterocycles. The quantitative estimate of drug-likeness (QED) is 0.668. The lowest BCUT2D eigenvalue weighted by molar-refractivity contribution is -0.119. The largest absolute Gasteiger partial charge is 0.491 e. The highest BCUT2D eigenvalue weighted by molar-refractivity contribution is 7.92. The zero-order valence-electron chi connectivity index (χ0n) is 17.7. The zero-order valence-corrected chi connectivity index (χ0v) is 18.5. The lowest BCUT2D eigenvalue weighted by Crippen LogP contribution is -2.41. The summed E-state index contributed by atoms with van der Waals surface area (Å²) in [5.41, 5.74) is 2.51. The molecule has 2 rings (SSSR count). The Hall–Kier alpha value is -2.54. The van der Waals surface area contributed by atoms with Gasteiger partial charge >= 0.3 is 0 Å². The first-order valence-electron chi connectivity index (χ1n) is 9.52. The van der Waals surface area contributed by atoms with E-state index in [1.165, 1.54) is 0 Å². The van der Waals surface area contributed by atoms with Crippen molar-refractivity contribution in [1.82, 2.24) is 5.32 Å². The van der Waals surface area contributed by atoms with Gasteiger partial charge in [-0.1, -0.05) is 56.7 Å². The fraction of sp³-hybridized carbons (Fsp3) is 0.409. The van der Waals surface area contributed by atoms with E-state index in [4.69, 9.17) is 4.74 Å². The summed E-state index contributed by atoms with van der Waals surface area (Å²) in [5.74, 6) is 0.398. The summed E-state index contributed by atoms with van der Waals surface area (Å²) in [4.78, 5) is 12.3. The van der Waals surface area contributed by atoms with Gasteiger partial charge in [0, 0.05) is 0 Å². The summed E-state index contributed by atoms with van der Waals surface area (Å²) in [7, 11) is -3.58. The first-order valence-corrected chi connectivity index (χ1v) is 11.4. The molecule has 2 aromatic carbocycles. The Morgan fingerprint density at radius 3 is 2.28 bits per heavy atom. The van der Waals surface area contributed by atoms with Gasteiger partial charge in [-0.2, -0.15) is 0 Å². The summed E-state index contributed by atoms with van der Waals surface area (Å²) in [6.45, 7) is 8.55. The summed E-state index contributed by atoms with van der Waals surface area (Å²) in [6.07, 6.45) is 1.09. The van der Waals surface area contributed by atoms with Gasteiger partial charge < -0.3 is 10.1 Å². The average Bonchev–Trinajstić information content (AvgIpc) is 2.63. The number of carbonyl (C=O) groups is 1. The van der Waals surface area contributed by atoms with E-state index in [0.29, 0.717) is 12.3 Å². The second-order valence-corrected chi connectivity index (χ2v) is 9.96. The lowest BCUT2D eigenvalue weighted by atomic mass is 9.86. The summed E-state index contributed by atoms with van der Waals surface area (Å²) >= 11 is 0. The number of carbonyl (C=O) groups excluding carboxylic acids is 1. The molecule has 0 radical (unpaired) electrons. The summed E-state index contributed by atoms with van der Waals surface area (Å²) < 4.78 is 31.2. The van der Waals surface area contributed by atoms with Crippen LogP contribution in [0, 0.1) is 6.92 Å². The predicted molar refractivity (Wildman–Crippen MR) is 117 cm³/mol. The number of benzene rings is 2. The highest BCUT2D eigenvalue weighted by atomic mass is 32.2. The van der Waals surface area contributed by atoms with Crippen molar-refractivity contribution in [3.05, 3.63) is 59.7 Å². The van der Waals surface area contributed by atoms with Crippen molar-refractivity contribution >= 4 is 21.6 Å². The maximum Gasteiger partial charge on any atom is 0.240 e. The van der Waals surface area contributed by atoms with Gasteiger partial charge in [0.15, 0.2) is 0 Å². The van der Waals surface area contributed by atoms with Gasteiger partial charge in [0.2, 0.25) is 15.9 Å². The number of ether oxygens (including phenoxy) is 1. The van der Waals surface area contributed by atoms with Crippen LogP contribution in [0.15, 0.2) is 48.5 Å². The van der Waals surface area contributed by atoms with Gasteiger partial charge in [-0.25, -0.2) is 8.42 Å². The van der Waals surface area contributed by atoms with Gasteiger partial charge in [-0.05, 0) is 36.1 Å². The Labute approximate surface area is 173 Å². The van der Waals surface area contributed by atoms with Crippen LogP contribution in [0.1, 0.15) is 31.9 Å². The van der Waals surface area contributed by atoms with Crippen LogP contribution in [0.3, 0.4) is 0 Å². The van der Waals surface area contributed by atoms with Gasteiger partial charge in [-0.3, -0.25) is 9.10 Å². The standard InChI is InChI=1S/C22H30N2O4S/c1-17-10-12-18(13-11-17)24(29(5,26)27)16-21(25)23-14-15-28-20-9-7-6-8-19(20)22(2,3)4/h6-13H,14-16H2,1-5H3,(H,23,25). The molecular formula is C22H30N2O4S. The average molecular weight is 419 g/mol. The van der Waals surface area contributed by atoms with Crippen molar-refractivity contribution < 1.29 is 17.9 Å². The minimum Gasteiger partial charge on any atom is -0.491 e. The fourth-order valence-corrected chi connectivity index (χ4v) is 3.72. The third kappa shape index (κ3) is 6.78. The second-order valence-electron chi connectivity index (χ2n) is 8.05. The molecule has 7 heteroatoms. The van der Waals surface area contributed by atoms with Gasteiger partial charge in [0.05, 0.1) is 18.5 Å². The zero-order chi connectivity index (χ0) is 21.7. The number of sulfonamides is 1. The molecule has 0 aromatic heterocycles. The van der Waals surface area contributed by atoms with Crippen molar-refractivity contribution in [2.24, 2.45) is 0 Å². The summed E-state index contributed by atoms with van der Waals surface area (Å²) in [6, 6.07) is 14.8. The highest BCUT2D eigenvalue weighted by Crippen LogP contribution is 2.30. The van der Waals surface area contributed by atoms with Gasteiger partial charge in [0.25, 0.3) is 0 Å². The molecule has 2 aromatic rings. The molecule has 6 nitrogen and oxygen atoms in total. The Kier molecular flexibility index (Phi) is 7.30. The molecule has 158 valence electrons. The number of rotatable bonds is 8. The molecule has 0 saturated heterocycles. The van der Waals surface area contributed by atoms with E-state index in [1.807, 2.05) is 43.3 Å². The molecule has 0 atom stereocenters. The van der Waals surface area contributed by atoms with E-state index < -0.39 is 10.0 Å². The molecule has 1 amide bonds. The van der Waals surface area contributed by atoms with Gasteiger partial charge in [-0.15, -0.1) is 0 Å². The SMILES string of the molecule is Cc1ccc(N(CC(=O)NCCOc2ccccc2C(C)(C)C)S(C)(=O)=O)cc1. The third-order valence-corrected chi connectivity index (χ3v) is 5.53. The monoisotopic (exact) mass is 418 g/mol. The van der Waals surface area contributed by atoms with E-state index in [-0.39, 0.29) is 24.4 Å². The Morgan fingerprint density at radius 1 is 1.07 bits per heavy atom. The lowest BCUT2D eigenvalue weighted by Gasteiger charge is -2.23. The maximum absolute atomic E-state index is 12.3. The number of hydrogen-bond acceptors (Lipinski definition) is 4. The van der Waals surface area contributed by atoms with E-state index in [0.717, 1.165) is 27.4 Å². The molecule has 1 N–H and O–H groups in total. The van der Waals surface area contributed by atoms with E-state index in [1.54, 1.807) is 12.1 Å². The topological polar surface area (TPSA) is 75.7 Å². The smallest absolute Gasteiger partial charge is 0.240 e. The molecule has 0 fully saturated rings. The van der Waals surface area contributed by atoms with Crippen LogP contribution in [-0.2, 0) is 20.2 Å². The molecule has 0 bridgehead atoms. The van der Waals surface area contributed by atoms with Crippen molar-refractivity contribution in [2.45, 2.75) is 33.1 Å². The minimum atomic E-state index is -3.58. The van der Waals surface area contributed by atoms with Crippen LogP contribution in [0.5, 0.6) is 5.75 Å². The Balaban J connectivity index is 1.93. The number of nitrogens with zero attached hydrogens (tertiary/aromatic N) is 1. The molecule has 0 spiro atoms. The first kappa shape index (κ1) is 22.7. The van der Waals surface area contributed by atoms with Crippen LogP contribution in [0.2, 0.25) is 0 Å². The highest BCUT2D eigenvalue weighted by Gasteiger charge is 2.21.